The van der Waals surface area contributed by atoms with Crippen molar-refractivity contribution in [3.8, 4) is 5.75 Å². The van der Waals surface area contributed by atoms with Gasteiger partial charge in [-0.25, -0.2) is 8.42 Å². The summed E-state index contributed by atoms with van der Waals surface area (Å²) in [6.07, 6.45) is 0.950. The van der Waals surface area contributed by atoms with Crippen LogP contribution in [0.3, 0.4) is 0 Å². The molecule has 0 bridgehead atoms. The number of hydrogen-bond donors (Lipinski definition) is 0. The highest BCUT2D eigenvalue weighted by Gasteiger charge is 2.17. The summed E-state index contributed by atoms with van der Waals surface area (Å²) in [5, 5.41) is 0. The molecule has 0 saturated heterocycles. The molecule has 0 aliphatic carbocycles. The first-order valence-corrected chi connectivity index (χ1v) is 10.2. The third-order valence-corrected chi connectivity index (χ3v) is 6.03. The number of ether oxygens (including phenoxy) is 1. The summed E-state index contributed by atoms with van der Waals surface area (Å²) in [4.78, 5) is 2.94. The van der Waals surface area contributed by atoms with Gasteiger partial charge in [-0.2, -0.15) is 0 Å². The first kappa shape index (κ1) is 19.5. The highest BCUT2D eigenvalue weighted by Crippen LogP contribution is 2.23. The molecule has 0 amide bonds. The molecule has 136 valence electrons. The van der Waals surface area contributed by atoms with Crippen LogP contribution in [-0.4, -0.2) is 39.6 Å². The van der Waals surface area contributed by atoms with E-state index in [0.29, 0.717) is 17.3 Å². The summed E-state index contributed by atoms with van der Waals surface area (Å²) in [5.41, 5.74) is 1.03. The molecule has 0 spiro atoms. The van der Waals surface area contributed by atoms with Gasteiger partial charge in [0, 0.05) is 6.54 Å². The molecule has 0 radical (unpaired) electrons. The van der Waals surface area contributed by atoms with E-state index in [2.05, 4.69) is 18.7 Å². The van der Waals surface area contributed by atoms with Crippen molar-refractivity contribution in [1.82, 2.24) is 4.90 Å². The molecule has 0 fully saturated rings. The zero-order chi connectivity index (χ0) is 18.3. The number of benzene rings is 2. The highest BCUT2D eigenvalue weighted by molar-refractivity contribution is 7.91. The Morgan fingerprint density at radius 2 is 1.40 bits per heavy atom. The fraction of sp³-hybridized carbons (Fsp3) is 0.400. The van der Waals surface area contributed by atoms with Gasteiger partial charge in [-0.1, -0.05) is 31.5 Å². The van der Waals surface area contributed by atoms with E-state index in [0.717, 1.165) is 31.6 Å². The molecule has 0 aliphatic heterocycles. The van der Waals surface area contributed by atoms with E-state index in [9.17, 15) is 8.42 Å². The summed E-state index contributed by atoms with van der Waals surface area (Å²) in [7, 11) is -3.48. The third-order valence-electron chi connectivity index (χ3n) is 4.25. The predicted octanol–water partition coefficient (Wildman–Crippen LogP) is 3.94. The van der Waals surface area contributed by atoms with Crippen LogP contribution in [0.25, 0.3) is 0 Å². The summed E-state index contributed by atoms with van der Waals surface area (Å²) in [6, 6.07) is 13.5. The SMILES string of the molecule is CCN(CC)CCCOc1ccc(S(=O)(=O)c2ccc(C)cc2)cc1. The molecule has 0 aromatic heterocycles. The molecule has 0 heterocycles. The number of sulfone groups is 1. The molecule has 0 aliphatic rings. The second-order valence-electron chi connectivity index (χ2n) is 6.02. The van der Waals surface area contributed by atoms with Crippen molar-refractivity contribution in [3.05, 3.63) is 54.1 Å². The maximum atomic E-state index is 12.6. The van der Waals surface area contributed by atoms with Gasteiger partial charge in [0.1, 0.15) is 5.75 Å². The van der Waals surface area contributed by atoms with Crippen LogP contribution >= 0.6 is 0 Å². The van der Waals surface area contributed by atoms with Crippen molar-refractivity contribution in [2.24, 2.45) is 0 Å². The van der Waals surface area contributed by atoms with Gasteiger partial charge in [-0.05, 0) is 62.8 Å². The summed E-state index contributed by atoms with van der Waals surface area (Å²) < 4.78 is 30.9. The third kappa shape index (κ3) is 5.31. The molecule has 4 nitrogen and oxygen atoms in total. The van der Waals surface area contributed by atoms with Crippen molar-refractivity contribution in [2.75, 3.05) is 26.2 Å². The number of rotatable bonds is 9. The zero-order valence-electron chi connectivity index (χ0n) is 15.2. The number of nitrogens with zero attached hydrogens (tertiary/aromatic N) is 1. The van der Waals surface area contributed by atoms with E-state index >= 15 is 0 Å². The summed E-state index contributed by atoms with van der Waals surface area (Å²) >= 11 is 0. The van der Waals surface area contributed by atoms with Crippen molar-refractivity contribution in [1.29, 1.82) is 0 Å². The Bertz CT molecular complexity index is 749. The van der Waals surface area contributed by atoms with Crippen LogP contribution in [0.4, 0.5) is 0 Å². The van der Waals surface area contributed by atoms with E-state index in [1.807, 2.05) is 6.92 Å². The lowest BCUT2D eigenvalue weighted by molar-refractivity contribution is 0.249. The Labute approximate surface area is 151 Å². The minimum absolute atomic E-state index is 0.284. The van der Waals surface area contributed by atoms with E-state index in [4.69, 9.17) is 4.74 Å². The maximum absolute atomic E-state index is 12.6. The van der Waals surface area contributed by atoms with Crippen molar-refractivity contribution in [2.45, 2.75) is 37.0 Å². The Hall–Kier alpha value is -1.85. The largest absolute Gasteiger partial charge is 0.494 e. The van der Waals surface area contributed by atoms with Gasteiger partial charge >= 0.3 is 0 Å². The molecular weight excluding hydrogens is 334 g/mol. The van der Waals surface area contributed by atoms with Crippen LogP contribution < -0.4 is 4.74 Å². The smallest absolute Gasteiger partial charge is 0.206 e. The Morgan fingerprint density at radius 1 is 0.880 bits per heavy atom. The number of hydrogen-bond acceptors (Lipinski definition) is 4. The van der Waals surface area contributed by atoms with E-state index < -0.39 is 9.84 Å². The minimum atomic E-state index is -3.48. The van der Waals surface area contributed by atoms with Gasteiger partial charge in [0.2, 0.25) is 9.84 Å². The summed E-state index contributed by atoms with van der Waals surface area (Å²) in [6.45, 7) is 9.95. The standard InChI is InChI=1S/C20H27NO3S/c1-4-21(5-2)15-6-16-24-18-9-13-20(14-10-18)25(22,23)19-11-7-17(3)8-12-19/h7-14H,4-6,15-16H2,1-3H3. The molecule has 5 heteroatoms. The molecule has 0 N–H and O–H groups in total. The molecule has 0 unspecified atom stereocenters. The Balaban J connectivity index is 1.96. The molecular formula is C20H27NO3S. The molecule has 0 saturated carbocycles. The Kier molecular flexibility index (Phi) is 7.02. The van der Waals surface area contributed by atoms with Gasteiger partial charge in [-0.15, -0.1) is 0 Å². The average molecular weight is 362 g/mol. The minimum Gasteiger partial charge on any atom is -0.494 e. The van der Waals surface area contributed by atoms with Crippen LogP contribution in [0, 0.1) is 6.92 Å². The lowest BCUT2D eigenvalue weighted by atomic mass is 10.2. The second-order valence-corrected chi connectivity index (χ2v) is 7.97. The van der Waals surface area contributed by atoms with Gasteiger partial charge in [-0.3, -0.25) is 0 Å². The molecule has 2 aromatic rings. The predicted molar refractivity (Wildman–Crippen MR) is 101 cm³/mol. The van der Waals surface area contributed by atoms with E-state index in [1.165, 1.54) is 0 Å². The van der Waals surface area contributed by atoms with Crippen LogP contribution in [-0.2, 0) is 9.84 Å². The van der Waals surface area contributed by atoms with Gasteiger partial charge in [0.15, 0.2) is 0 Å². The van der Waals surface area contributed by atoms with Crippen LogP contribution in [0.2, 0.25) is 0 Å². The average Bonchev–Trinajstić information content (AvgIpc) is 2.62. The zero-order valence-corrected chi connectivity index (χ0v) is 16.1. The van der Waals surface area contributed by atoms with E-state index in [1.54, 1.807) is 48.5 Å². The van der Waals surface area contributed by atoms with Crippen LogP contribution in [0.15, 0.2) is 58.3 Å². The summed E-state index contributed by atoms with van der Waals surface area (Å²) in [5.74, 6) is 0.697. The molecule has 2 rings (SSSR count). The fourth-order valence-electron chi connectivity index (χ4n) is 2.59. The number of aryl methyl sites for hydroxylation is 1. The monoisotopic (exact) mass is 361 g/mol. The van der Waals surface area contributed by atoms with Crippen molar-refractivity contribution >= 4 is 9.84 Å². The normalized spacial score (nSPS) is 11.7. The van der Waals surface area contributed by atoms with Gasteiger partial charge < -0.3 is 9.64 Å². The topological polar surface area (TPSA) is 46.6 Å². The van der Waals surface area contributed by atoms with Crippen molar-refractivity contribution in [3.63, 3.8) is 0 Å². The van der Waals surface area contributed by atoms with Gasteiger partial charge in [0.05, 0.1) is 16.4 Å². The fourth-order valence-corrected chi connectivity index (χ4v) is 3.85. The van der Waals surface area contributed by atoms with Gasteiger partial charge in [0.25, 0.3) is 0 Å². The van der Waals surface area contributed by atoms with E-state index in [-0.39, 0.29) is 4.90 Å². The van der Waals surface area contributed by atoms with Crippen LogP contribution in [0.5, 0.6) is 5.75 Å². The first-order valence-electron chi connectivity index (χ1n) is 8.74. The maximum Gasteiger partial charge on any atom is 0.206 e. The molecule has 25 heavy (non-hydrogen) atoms. The lowest BCUT2D eigenvalue weighted by Gasteiger charge is -2.17. The molecule has 2 aromatic carbocycles. The lowest BCUT2D eigenvalue weighted by Crippen LogP contribution is -2.25. The second kappa shape index (κ2) is 9.02. The van der Waals surface area contributed by atoms with Crippen molar-refractivity contribution < 1.29 is 13.2 Å². The Morgan fingerprint density at radius 3 is 1.92 bits per heavy atom. The molecule has 0 atom stereocenters. The highest BCUT2D eigenvalue weighted by atomic mass is 32.2. The first-order chi connectivity index (χ1) is 12.0. The van der Waals surface area contributed by atoms with Crippen LogP contribution in [0.1, 0.15) is 25.8 Å². The quantitative estimate of drug-likeness (QED) is 0.635.